The number of carboxylic acids is 1. The van der Waals surface area contributed by atoms with Gasteiger partial charge < -0.3 is 20.3 Å². The van der Waals surface area contributed by atoms with Gasteiger partial charge >= 0.3 is 5.97 Å². The van der Waals surface area contributed by atoms with Crippen LogP contribution in [0.3, 0.4) is 0 Å². The summed E-state index contributed by atoms with van der Waals surface area (Å²) in [6.45, 7) is 0. The molecule has 0 spiro atoms. The lowest BCUT2D eigenvalue weighted by atomic mass is 10.1. The Hall–Kier alpha value is -2.73. The molecule has 0 unspecified atom stereocenters. The van der Waals surface area contributed by atoms with Gasteiger partial charge in [-0.05, 0) is 36.4 Å². The molecule has 0 aliphatic carbocycles. The van der Waals surface area contributed by atoms with E-state index in [-0.39, 0.29) is 27.6 Å². The average Bonchev–Trinajstić information content (AvgIpc) is 2.48. The molecule has 2 rings (SSSR count). The fraction of sp³-hybridized carbons (Fsp3) is 0.0667. The molecule has 3 N–H and O–H groups in total. The van der Waals surface area contributed by atoms with Crippen LogP contribution in [0.1, 0.15) is 20.7 Å². The number of nitrogens with one attached hydrogen (secondary N) is 1. The zero-order chi connectivity index (χ0) is 16.3. The standard InChI is InChI=1S/C15H12ClNO5/c1-22-9-3-4-10(11(16)7-9)14(19)17-12-5-2-8(15(20)21)6-13(12)18/h2-7,18H,1H3,(H,17,19)(H,20,21). The number of benzene rings is 2. The number of phenolic OH excluding ortho intramolecular Hbond substituents is 1. The summed E-state index contributed by atoms with van der Waals surface area (Å²) in [5.41, 5.74) is 0.198. The number of carbonyl (C=O) groups is 2. The predicted molar refractivity (Wildman–Crippen MR) is 81.0 cm³/mol. The fourth-order valence-corrected chi connectivity index (χ4v) is 2.02. The second-order valence-electron chi connectivity index (χ2n) is 4.34. The Kier molecular flexibility index (Phi) is 4.53. The SMILES string of the molecule is COc1ccc(C(=O)Nc2ccc(C(=O)O)cc2O)c(Cl)c1. The minimum Gasteiger partial charge on any atom is -0.506 e. The van der Waals surface area contributed by atoms with E-state index in [9.17, 15) is 14.7 Å². The van der Waals surface area contributed by atoms with Gasteiger partial charge in [-0.3, -0.25) is 4.79 Å². The predicted octanol–water partition coefficient (Wildman–Crippen LogP) is 3.00. The van der Waals surface area contributed by atoms with Crippen LogP contribution in [0.5, 0.6) is 11.5 Å². The molecule has 22 heavy (non-hydrogen) atoms. The van der Waals surface area contributed by atoms with E-state index < -0.39 is 11.9 Å². The molecule has 0 bridgehead atoms. The van der Waals surface area contributed by atoms with Gasteiger partial charge in [-0.15, -0.1) is 0 Å². The molecule has 0 radical (unpaired) electrons. The van der Waals surface area contributed by atoms with E-state index in [1.807, 2.05) is 0 Å². The monoisotopic (exact) mass is 321 g/mol. The van der Waals surface area contributed by atoms with Gasteiger partial charge in [0, 0.05) is 0 Å². The molecule has 114 valence electrons. The summed E-state index contributed by atoms with van der Waals surface area (Å²) in [4.78, 5) is 22.9. The van der Waals surface area contributed by atoms with Gasteiger partial charge in [0.2, 0.25) is 0 Å². The molecular formula is C15H12ClNO5. The fourth-order valence-electron chi connectivity index (χ4n) is 1.77. The molecule has 0 saturated carbocycles. The van der Waals surface area contributed by atoms with Crippen molar-refractivity contribution in [3.63, 3.8) is 0 Å². The Bertz CT molecular complexity index is 745. The first kappa shape index (κ1) is 15.7. The highest BCUT2D eigenvalue weighted by atomic mass is 35.5. The van der Waals surface area contributed by atoms with Gasteiger partial charge in [0.05, 0.1) is 28.9 Å². The number of aromatic hydroxyl groups is 1. The van der Waals surface area contributed by atoms with Gasteiger partial charge in [-0.25, -0.2) is 4.79 Å². The van der Waals surface area contributed by atoms with E-state index in [2.05, 4.69) is 5.32 Å². The Morgan fingerprint density at radius 3 is 2.45 bits per heavy atom. The Labute approximate surface area is 130 Å². The summed E-state index contributed by atoms with van der Waals surface area (Å²) in [5.74, 6) is -1.55. The lowest BCUT2D eigenvalue weighted by molar-refractivity contribution is 0.0696. The van der Waals surface area contributed by atoms with Gasteiger partial charge in [0.1, 0.15) is 11.5 Å². The van der Waals surface area contributed by atoms with Crippen LogP contribution in [0, 0.1) is 0 Å². The van der Waals surface area contributed by atoms with Crippen LogP contribution < -0.4 is 10.1 Å². The van der Waals surface area contributed by atoms with E-state index in [4.69, 9.17) is 21.4 Å². The smallest absolute Gasteiger partial charge is 0.335 e. The number of hydrogen-bond acceptors (Lipinski definition) is 4. The summed E-state index contributed by atoms with van der Waals surface area (Å²) in [5, 5.41) is 21.2. The van der Waals surface area contributed by atoms with E-state index in [0.29, 0.717) is 5.75 Å². The van der Waals surface area contributed by atoms with Crippen molar-refractivity contribution in [2.24, 2.45) is 0 Å². The number of rotatable bonds is 4. The summed E-state index contributed by atoms with van der Waals surface area (Å²) >= 11 is 5.99. The van der Waals surface area contributed by atoms with Crippen LogP contribution in [-0.4, -0.2) is 29.2 Å². The molecule has 0 aliphatic rings. The molecular weight excluding hydrogens is 310 g/mol. The highest BCUT2D eigenvalue weighted by Gasteiger charge is 2.14. The van der Waals surface area contributed by atoms with Gasteiger partial charge in [-0.2, -0.15) is 0 Å². The molecule has 0 aliphatic heterocycles. The number of ether oxygens (including phenoxy) is 1. The maximum atomic E-state index is 12.1. The van der Waals surface area contributed by atoms with Crippen molar-refractivity contribution in [1.29, 1.82) is 0 Å². The molecule has 6 nitrogen and oxygen atoms in total. The quantitative estimate of drug-likeness (QED) is 0.752. The summed E-state index contributed by atoms with van der Waals surface area (Å²) < 4.78 is 4.99. The van der Waals surface area contributed by atoms with Crippen molar-refractivity contribution in [2.75, 3.05) is 12.4 Å². The highest BCUT2D eigenvalue weighted by Crippen LogP contribution is 2.27. The summed E-state index contributed by atoms with van der Waals surface area (Å²) in [7, 11) is 1.48. The molecule has 0 fully saturated rings. The molecule has 0 aromatic heterocycles. The number of carbonyl (C=O) groups excluding carboxylic acids is 1. The maximum absolute atomic E-state index is 12.1. The number of hydrogen-bond donors (Lipinski definition) is 3. The van der Waals surface area contributed by atoms with E-state index in [1.165, 1.54) is 31.4 Å². The van der Waals surface area contributed by atoms with Crippen LogP contribution >= 0.6 is 11.6 Å². The van der Waals surface area contributed by atoms with Crippen molar-refractivity contribution in [3.8, 4) is 11.5 Å². The lowest BCUT2D eigenvalue weighted by Crippen LogP contribution is -2.13. The van der Waals surface area contributed by atoms with Crippen molar-refractivity contribution in [2.45, 2.75) is 0 Å². The van der Waals surface area contributed by atoms with Crippen molar-refractivity contribution < 1.29 is 24.5 Å². The van der Waals surface area contributed by atoms with E-state index in [0.717, 1.165) is 6.07 Å². The molecule has 2 aromatic carbocycles. The minimum absolute atomic E-state index is 0.0851. The normalized spacial score (nSPS) is 10.1. The molecule has 1 amide bonds. The van der Waals surface area contributed by atoms with Crippen LogP contribution in [-0.2, 0) is 0 Å². The van der Waals surface area contributed by atoms with Crippen LogP contribution in [0.25, 0.3) is 0 Å². The Balaban J connectivity index is 2.24. The lowest BCUT2D eigenvalue weighted by Gasteiger charge is -2.10. The van der Waals surface area contributed by atoms with Crippen LogP contribution in [0.15, 0.2) is 36.4 Å². The molecule has 2 aromatic rings. The minimum atomic E-state index is -1.17. The number of phenols is 1. The van der Waals surface area contributed by atoms with Crippen LogP contribution in [0.2, 0.25) is 5.02 Å². The second-order valence-corrected chi connectivity index (χ2v) is 4.74. The zero-order valence-electron chi connectivity index (χ0n) is 11.5. The zero-order valence-corrected chi connectivity index (χ0v) is 12.2. The third-order valence-electron chi connectivity index (χ3n) is 2.91. The van der Waals surface area contributed by atoms with E-state index in [1.54, 1.807) is 6.07 Å². The number of methoxy groups -OCH3 is 1. The highest BCUT2D eigenvalue weighted by molar-refractivity contribution is 6.34. The first-order chi connectivity index (χ1) is 10.4. The van der Waals surface area contributed by atoms with Crippen molar-refractivity contribution >= 4 is 29.2 Å². The summed E-state index contributed by atoms with van der Waals surface area (Å²) in [6.07, 6.45) is 0. The largest absolute Gasteiger partial charge is 0.506 e. The van der Waals surface area contributed by atoms with Gasteiger partial charge in [0.15, 0.2) is 0 Å². The van der Waals surface area contributed by atoms with Crippen molar-refractivity contribution in [1.82, 2.24) is 0 Å². The topological polar surface area (TPSA) is 95.9 Å². The third-order valence-corrected chi connectivity index (χ3v) is 3.23. The number of anilines is 1. The molecule has 0 heterocycles. The Morgan fingerprint density at radius 2 is 1.91 bits per heavy atom. The van der Waals surface area contributed by atoms with Crippen LogP contribution in [0.4, 0.5) is 5.69 Å². The second kappa shape index (κ2) is 6.36. The number of carboxylic acid groups (broad SMARTS) is 1. The van der Waals surface area contributed by atoms with Crippen molar-refractivity contribution in [3.05, 3.63) is 52.5 Å². The maximum Gasteiger partial charge on any atom is 0.335 e. The van der Waals surface area contributed by atoms with E-state index >= 15 is 0 Å². The molecule has 0 atom stereocenters. The molecule has 7 heteroatoms. The third kappa shape index (κ3) is 3.29. The van der Waals surface area contributed by atoms with Gasteiger partial charge in [0.25, 0.3) is 5.91 Å². The number of halogens is 1. The van der Waals surface area contributed by atoms with Gasteiger partial charge in [-0.1, -0.05) is 11.6 Å². The molecule has 0 saturated heterocycles. The summed E-state index contributed by atoms with van der Waals surface area (Å²) in [6, 6.07) is 8.17. The number of amides is 1. The Morgan fingerprint density at radius 1 is 1.18 bits per heavy atom. The number of aromatic carboxylic acids is 1. The first-order valence-corrected chi connectivity index (χ1v) is 6.51. The average molecular weight is 322 g/mol. The first-order valence-electron chi connectivity index (χ1n) is 6.13.